The van der Waals surface area contributed by atoms with E-state index in [1.165, 1.54) is 24.1 Å². The van der Waals surface area contributed by atoms with Gasteiger partial charge in [-0.3, -0.25) is 0 Å². The minimum Gasteiger partial charge on any atom is -0.368 e. The molecule has 19 heavy (non-hydrogen) atoms. The molecule has 1 fully saturated rings. The molecule has 98 valence electrons. The Morgan fingerprint density at radius 3 is 2.47 bits per heavy atom. The predicted molar refractivity (Wildman–Crippen MR) is 76.9 cm³/mol. The van der Waals surface area contributed by atoms with Crippen molar-refractivity contribution < 1.29 is 4.39 Å². The fraction of sp³-hybridized carbons (Fsp3) is 0.294. The van der Waals surface area contributed by atoms with Gasteiger partial charge in [0.05, 0.1) is 0 Å². The van der Waals surface area contributed by atoms with Gasteiger partial charge in [0.25, 0.3) is 0 Å². The first kappa shape index (κ1) is 12.2. The van der Waals surface area contributed by atoms with Gasteiger partial charge in [-0.1, -0.05) is 30.3 Å². The Labute approximate surface area is 113 Å². The molecule has 1 atom stereocenters. The van der Waals surface area contributed by atoms with Gasteiger partial charge in [-0.2, -0.15) is 0 Å². The van der Waals surface area contributed by atoms with Crippen molar-refractivity contribution in [3.05, 3.63) is 66.0 Å². The van der Waals surface area contributed by atoms with Crippen LogP contribution in [0, 0.1) is 5.82 Å². The van der Waals surface area contributed by atoms with Crippen LogP contribution in [0.4, 0.5) is 10.1 Å². The number of nitrogens with zero attached hydrogens (tertiary/aromatic N) is 1. The Bertz CT molecular complexity index is 521. The maximum Gasteiger partial charge on any atom is 0.123 e. The van der Waals surface area contributed by atoms with Crippen molar-refractivity contribution in [2.75, 3.05) is 11.4 Å². The van der Waals surface area contributed by atoms with Crippen molar-refractivity contribution in [1.82, 2.24) is 0 Å². The van der Waals surface area contributed by atoms with E-state index >= 15 is 0 Å². The van der Waals surface area contributed by atoms with Crippen molar-refractivity contribution in [2.45, 2.75) is 25.3 Å². The molecule has 0 bridgehead atoms. The maximum absolute atomic E-state index is 12.9. The van der Waals surface area contributed by atoms with Crippen LogP contribution >= 0.6 is 0 Å². The molecule has 0 aromatic heterocycles. The third-order valence-electron chi connectivity index (χ3n) is 3.85. The van der Waals surface area contributed by atoms with Crippen LogP contribution in [0.5, 0.6) is 0 Å². The summed E-state index contributed by atoms with van der Waals surface area (Å²) in [5, 5.41) is 0. The van der Waals surface area contributed by atoms with Gasteiger partial charge in [0.2, 0.25) is 0 Å². The molecule has 0 aliphatic carbocycles. The molecule has 2 heteroatoms. The van der Waals surface area contributed by atoms with Gasteiger partial charge >= 0.3 is 0 Å². The third kappa shape index (κ3) is 2.78. The second-order valence-electron chi connectivity index (χ2n) is 5.16. The number of benzene rings is 2. The Hall–Kier alpha value is -1.83. The molecule has 3 rings (SSSR count). The summed E-state index contributed by atoms with van der Waals surface area (Å²) in [7, 11) is 0. The van der Waals surface area contributed by atoms with E-state index in [1.54, 1.807) is 12.1 Å². The highest BCUT2D eigenvalue weighted by atomic mass is 19.1. The Balaban J connectivity index is 1.75. The van der Waals surface area contributed by atoms with E-state index in [2.05, 4.69) is 35.2 Å². The zero-order valence-corrected chi connectivity index (χ0v) is 10.9. The Morgan fingerprint density at radius 2 is 1.74 bits per heavy atom. The zero-order chi connectivity index (χ0) is 13.1. The molecule has 2 aromatic carbocycles. The molecule has 0 spiro atoms. The minimum absolute atomic E-state index is 0.157. The van der Waals surface area contributed by atoms with Crippen LogP contribution in [-0.2, 0) is 6.42 Å². The Kier molecular flexibility index (Phi) is 3.49. The fourth-order valence-electron chi connectivity index (χ4n) is 2.90. The molecule has 1 saturated heterocycles. The van der Waals surface area contributed by atoms with E-state index in [0.717, 1.165) is 13.0 Å². The lowest BCUT2D eigenvalue weighted by Crippen LogP contribution is -2.30. The molecule has 1 nitrogen and oxygen atoms in total. The van der Waals surface area contributed by atoms with E-state index in [0.29, 0.717) is 6.04 Å². The van der Waals surface area contributed by atoms with E-state index in [9.17, 15) is 4.39 Å². The van der Waals surface area contributed by atoms with Gasteiger partial charge in [-0.05, 0) is 49.1 Å². The molecule has 2 aromatic rings. The fourth-order valence-corrected chi connectivity index (χ4v) is 2.90. The van der Waals surface area contributed by atoms with Gasteiger partial charge in [0, 0.05) is 18.3 Å². The SMILES string of the molecule is Fc1ccc(C[C@H]2CCCN2c2ccccc2)cc1. The predicted octanol–water partition coefficient (Wildman–Crippen LogP) is 4.04. The highest BCUT2D eigenvalue weighted by Crippen LogP contribution is 2.27. The quantitative estimate of drug-likeness (QED) is 0.800. The summed E-state index contributed by atoms with van der Waals surface area (Å²) in [4.78, 5) is 2.48. The molecule has 1 heterocycles. The summed E-state index contributed by atoms with van der Waals surface area (Å²) in [5.74, 6) is -0.157. The Morgan fingerprint density at radius 1 is 1.00 bits per heavy atom. The van der Waals surface area contributed by atoms with Crippen molar-refractivity contribution >= 4 is 5.69 Å². The average molecular weight is 255 g/mol. The molecule has 1 aliphatic heterocycles. The largest absolute Gasteiger partial charge is 0.368 e. The van der Waals surface area contributed by atoms with E-state index in [1.807, 2.05) is 12.1 Å². The van der Waals surface area contributed by atoms with E-state index in [4.69, 9.17) is 0 Å². The lowest BCUT2D eigenvalue weighted by molar-refractivity contribution is 0.623. The topological polar surface area (TPSA) is 3.24 Å². The van der Waals surface area contributed by atoms with Crippen LogP contribution < -0.4 is 4.90 Å². The van der Waals surface area contributed by atoms with E-state index < -0.39 is 0 Å². The first-order chi connectivity index (χ1) is 9.33. The molecule has 1 aliphatic rings. The average Bonchev–Trinajstić information content (AvgIpc) is 2.90. The number of hydrogen-bond donors (Lipinski definition) is 0. The summed E-state index contributed by atoms with van der Waals surface area (Å²) < 4.78 is 12.9. The smallest absolute Gasteiger partial charge is 0.123 e. The van der Waals surface area contributed by atoms with Crippen molar-refractivity contribution in [3.8, 4) is 0 Å². The third-order valence-corrected chi connectivity index (χ3v) is 3.85. The second kappa shape index (κ2) is 5.43. The summed E-state index contributed by atoms with van der Waals surface area (Å²) >= 11 is 0. The van der Waals surface area contributed by atoms with Crippen molar-refractivity contribution in [1.29, 1.82) is 0 Å². The normalized spacial score (nSPS) is 18.8. The first-order valence-electron chi connectivity index (χ1n) is 6.89. The molecule has 0 N–H and O–H groups in total. The maximum atomic E-state index is 12.9. The molecular formula is C17H18FN. The minimum atomic E-state index is -0.157. The molecule has 0 unspecified atom stereocenters. The van der Waals surface area contributed by atoms with Gasteiger partial charge in [-0.15, -0.1) is 0 Å². The van der Waals surface area contributed by atoms with Crippen LogP contribution in [0.3, 0.4) is 0 Å². The van der Waals surface area contributed by atoms with Gasteiger partial charge in [0.1, 0.15) is 5.82 Å². The lowest BCUT2D eigenvalue weighted by atomic mass is 10.0. The van der Waals surface area contributed by atoms with Gasteiger partial charge in [0.15, 0.2) is 0 Å². The van der Waals surface area contributed by atoms with Crippen LogP contribution in [0.1, 0.15) is 18.4 Å². The number of rotatable bonds is 3. The van der Waals surface area contributed by atoms with Gasteiger partial charge in [-0.25, -0.2) is 4.39 Å². The lowest BCUT2D eigenvalue weighted by Gasteiger charge is -2.27. The highest BCUT2D eigenvalue weighted by Gasteiger charge is 2.24. The number of hydrogen-bond acceptors (Lipinski definition) is 1. The highest BCUT2D eigenvalue weighted by molar-refractivity contribution is 5.48. The summed E-state index contributed by atoms with van der Waals surface area (Å²) in [6.45, 7) is 1.12. The van der Waals surface area contributed by atoms with Gasteiger partial charge < -0.3 is 4.90 Å². The second-order valence-corrected chi connectivity index (χ2v) is 5.16. The first-order valence-corrected chi connectivity index (χ1v) is 6.89. The van der Waals surface area contributed by atoms with Crippen LogP contribution in [-0.4, -0.2) is 12.6 Å². The van der Waals surface area contributed by atoms with Crippen molar-refractivity contribution in [2.24, 2.45) is 0 Å². The zero-order valence-electron chi connectivity index (χ0n) is 10.9. The summed E-state index contributed by atoms with van der Waals surface area (Å²) in [5.41, 5.74) is 2.52. The molecular weight excluding hydrogens is 237 g/mol. The monoisotopic (exact) mass is 255 g/mol. The van der Waals surface area contributed by atoms with E-state index in [-0.39, 0.29) is 5.82 Å². The molecule has 0 saturated carbocycles. The summed E-state index contributed by atoms with van der Waals surface area (Å²) in [6, 6.07) is 18.0. The van der Waals surface area contributed by atoms with Crippen LogP contribution in [0.25, 0.3) is 0 Å². The molecule has 0 radical (unpaired) electrons. The number of para-hydroxylation sites is 1. The van der Waals surface area contributed by atoms with Crippen molar-refractivity contribution in [3.63, 3.8) is 0 Å². The summed E-state index contributed by atoms with van der Waals surface area (Å²) in [6.07, 6.45) is 3.45. The van der Waals surface area contributed by atoms with Crippen LogP contribution in [0.2, 0.25) is 0 Å². The van der Waals surface area contributed by atoms with Crippen LogP contribution in [0.15, 0.2) is 54.6 Å². The standard InChI is InChI=1S/C17H18FN/c18-15-10-8-14(9-11-15)13-17-7-4-12-19(17)16-5-2-1-3-6-16/h1-3,5-6,8-11,17H,4,7,12-13H2/t17-/m1/s1. The number of anilines is 1. The molecule has 0 amide bonds. The number of halogens is 1.